The number of amides is 1. The normalized spacial score (nSPS) is 15.2. The topological polar surface area (TPSA) is 78.7 Å². The summed E-state index contributed by atoms with van der Waals surface area (Å²) in [5.41, 5.74) is -0.638. The molecule has 0 aliphatic carbocycles. The molecule has 1 saturated heterocycles. The number of anilines is 2. The lowest BCUT2D eigenvalue weighted by Crippen LogP contribution is -2.48. The second-order valence-electron chi connectivity index (χ2n) is 6.60. The summed E-state index contributed by atoms with van der Waals surface area (Å²) in [6.45, 7) is 1.80. The number of nitrogens with one attached hydrogen (secondary N) is 1. The Labute approximate surface area is 164 Å². The number of carbonyl (C=O) groups is 1. The van der Waals surface area contributed by atoms with Gasteiger partial charge in [0.1, 0.15) is 5.69 Å². The van der Waals surface area contributed by atoms with Gasteiger partial charge in [-0.15, -0.1) is 0 Å². The number of hydrogen-bond donors (Lipinski definition) is 1. The van der Waals surface area contributed by atoms with Gasteiger partial charge in [-0.2, -0.15) is 13.2 Å². The predicted molar refractivity (Wildman–Crippen MR) is 102 cm³/mol. The number of benzene rings is 2. The molecular weight excluding hydrogens is 389 g/mol. The highest BCUT2D eigenvalue weighted by molar-refractivity contribution is 5.93. The van der Waals surface area contributed by atoms with Crippen LogP contribution in [0, 0.1) is 10.1 Å². The second kappa shape index (κ2) is 8.48. The standard InChI is InChI=1S/C19H19F3N4O3/c20-19(21,22)14-5-1-2-6-15(14)23-18(27)13-24-9-11-25(12-10-24)16-7-3-4-8-17(16)26(28)29/h1-8H,9-13H2,(H,23,27). The summed E-state index contributed by atoms with van der Waals surface area (Å²) in [6.07, 6.45) is -4.56. The van der Waals surface area contributed by atoms with Crippen molar-refractivity contribution in [3.05, 3.63) is 64.2 Å². The fraction of sp³-hybridized carbons (Fsp3) is 0.316. The number of carbonyl (C=O) groups excluding carboxylic acids is 1. The average molecular weight is 408 g/mol. The van der Waals surface area contributed by atoms with Crippen molar-refractivity contribution in [3.63, 3.8) is 0 Å². The van der Waals surface area contributed by atoms with Gasteiger partial charge in [-0.1, -0.05) is 24.3 Å². The van der Waals surface area contributed by atoms with Crippen molar-refractivity contribution < 1.29 is 22.9 Å². The Kier molecular flexibility index (Phi) is 6.02. The maximum Gasteiger partial charge on any atom is 0.418 e. The number of alkyl halides is 3. The summed E-state index contributed by atoms with van der Waals surface area (Å²) in [7, 11) is 0. The van der Waals surface area contributed by atoms with Crippen molar-refractivity contribution in [2.24, 2.45) is 0 Å². The van der Waals surface area contributed by atoms with E-state index in [4.69, 9.17) is 0 Å². The van der Waals surface area contributed by atoms with Gasteiger partial charge in [-0.25, -0.2) is 0 Å². The van der Waals surface area contributed by atoms with E-state index in [9.17, 15) is 28.1 Å². The van der Waals surface area contributed by atoms with Gasteiger partial charge in [0, 0.05) is 32.2 Å². The summed E-state index contributed by atoms with van der Waals surface area (Å²) in [6, 6.07) is 11.3. The van der Waals surface area contributed by atoms with Crippen molar-refractivity contribution in [1.82, 2.24) is 4.90 Å². The lowest BCUT2D eigenvalue weighted by atomic mass is 10.1. The highest BCUT2D eigenvalue weighted by Gasteiger charge is 2.33. The number of para-hydroxylation sites is 3. The molecule has 1 heterocycles. The van der Waals surface area contributed by atoms with Gasteiger partial charge in [-0.3, -0.25) is 19.8 Å². The Morgan fingerprint density at radius 1 is 1.03 bits per heavy atom. The van der Waals surface area contributed by atoms with Crippen LogP contribution < -0.4 is 10.2 Å². The maximum absolute atomic E-state index is 13.0. The monoisotopic (exact) mass is 408 g/mol. The molecule has 0 atom stereocenters. The predicted octanol–water partition coefficient (Wildman–Crippen LogP) is 3.37. The summed E-state index contributed by atoms with van der Waals surface area (Å²) in [5.74, 6) is -0.541. The molecule has 0 saturated carbocycles. The third-order valence-corrected chi connectivity index (χ3v) is 4.67. The van der Waals surface area contributed by atoms with Crippen molar-refractivity contribution >= 4 is 23.0 Å². The molecule has 10 heteroatoms. The number of nitrogens with zero attached hydrogens (tertiary/aromatic N) is 3. The molecule has 29 heavy (non-hydrogen) atoms. The third kappa shape index (κ3) is 5.02. The van der Waals surface area contributed by atoms with E-state index in [1.54, 1.807) is 23.1 Å². The molecule has 0 radical (unpaired) electrons. The first-order valence-corrected chi connectivity index (χ1v) is 8.92. The number of nitro groups is 1. The molecule has 2 aromatic rings. The van der Waals surface area contributed by atoms with E-state index < -0.39 is 22.6 Å². The quantitative estimate of drug-likeness (QED) is 0.606. The van der Waals surface area contributed by atoms with Gasteiger partial charge in [0.05, 0.1) is 22.7 Å². The van der Waals surface area contributed by atoms with Crippen LogP contribution in [0.2, 0.25) is 0 Å². The molecule has 0 spiro atoms. The largest absolute Gasteiger partial charge is 0.418 e. The lowest BCUT2D eigenvalue weighted by Gasteiger charge is -2.35. The van der Waals surface area contributed by atoms with E-state index in [1.807, 2.05) is 4.90 Å². The first kappa shape index (κ1) is 20.6. The van der Waals surface area contributed by atoms with Crippen LogP contribution in [0.15, 0.2) is 48.5 Å². The van der Waals surface area contributed by atoms with Crippen molar-refractivity contribution in [2.75, 3.05) is 42.9 Å². The SMILES string of the molecule is O=C(CN1CCN(c2ccccc2[N+](=O)[O-])CC1)Nc1ccccc1C(F)(F)F. The van der Waals surface area contributed by atoms with Gasteiger partial charge in [-0.05, 0) is 18.2 Å². The molecule has 2 aromatic carbocycles. The molecule has 0 unspecified atom stereocenters. The summed E-state index contributed by atoms with van der Waals surface area (Å²) < 4.78 is 39.1. The Bertz CT molecular complexity index is 896. The van der Waals surface area contributed by atoms with Crippen LogP contribution in [0.5, 0.6) is 0 Å². The molecule has 0 bridgehead atoms. The Balaban J connectivity index is 1.58. The molecule has 1 amide bonds. The second-order valence-corrected chi connectivity index (χ2v) is 6.60. The Morgan fingerprint density at radius 2 is 1.66 bits per heavy atom. The van der Waals surface area contributed by atoms with Crippen molar-refractivity contribution in [1.29, 1.82) is 0 Å². The summed E-state index contributed by atoms with van der Waals surface area (Å²) in [5, 5.41) is 13.5. The first-order chi connectivity index (χ1) is 13.8. The molecule has 1 fully saturated rings. The fourth-order valence-electron chi connectivity index (χ4n) is 3.26. The van der Waals surface area contributed by atoms with Crippen LogP contribution in [0.4, 0.5) is 30.2 Å². The van der Waals surface area contributed by atoms with Gasteiger partial charge in [0.15, 0.2) is 0 Å². The molecule has 1 aliphatic heterocycles. The van der Waals surface area contributed by atoms with Crippen LogP contribution in [0.3, 0.4) is 0 Å². The zero-order valence-corrected chi connectivity index (χ0v) is 15.4. The van der Waals surface area contributed by atoms with E-state index in [0.29, 0.717) is 31.9 Å². The average Bonchev–Trinajstić information content (AvgIpc) is 2.68. The molecule has 7 nitrogen and oxygen atoms in total. The molecule has 154 valence electrons. The minimum Gasteiger partial charge on any atom is -0.363 e. The zero-order valence-electron chi connectivity index (χ0n) is 15.4. The highest BCUT2D eigenvalue weighted by Crippen LogP contribution is 2.34. The highest BCUT2D eigenvalue weighted by atomic mass is 19.4. The molecule has 0 aromatic heterocycles. The van der Waals surface area contributed by atoms with Crippen molar-refractivity contribution in [2.45, 2.75) is 6.18 Å². The van der Waals surface area contributed by atoms with Gasteiger partial charge < -0.3 is 10.2 Å². The van der Waals surface area contributed by atoms with E-state index >= 15 is 0 Å². The number of rotatable bonds is 5. The van der Waals surface area contributed by atoms with Crippen LogP contribution in [-0.4, -0.2) is 48.5 Å². The number of hydrogen-bond acceptors (Lipinski definition) is 5. The molecule has 3 rings (SSSR count). The minimum absolute atomic E-state index is 0.0162. The Morgan fingerprint density at radius 3 is 2.31 bits per heavy atom. The lowest BCUT2D eigenvalue weighted by molar-refractivity contribution is -0.384. The smallest absolute Gasteiger partial charge is 0.363 e. The van der Waals surface area contributed by atoms with Crippen molar-refractivity contribution in [3.8, 4) is 0 Å². The zero-order chi connectivity index (χ0) is 21.0. The molecule has 1 aliphatic rings. The maximum atomic E-state index is 13.0. The fourth-order valence-corrected chi connectivity index (χ4v) is 3.26. The van der Waals surface area contributed by atoms with E-state index in [1.165, 1.54) is 24.3 Å². The summed E-state index contributed by atoms with van der Waals surface area (Å²) >= 11 is 0. The van der Waals surface area contributed by atoms with Crippen LogP contribution in [-0.2, 0) is 11.0 Å². The van der Waals surface area contributed by atoms with E-state index in [2.05, 4.69) is 5.32 Å². The molecular formula is C19H19F3N4O3. The van der Waals surface area contributed by atoms with E-state index in [-0.39, 0.29) is 17.9 Å². The summed E-state index contributed by atoms with van der Waals surface area (Å²) in [4.78, 5) is 26.6. The van der Waals surface area contributed by atoms with Gasteiger partial charge >= 0.3 is 6.18 Å². The van der Waals surface area contributed by atoms with Gasteiger partial charge in [0.2, 0.25) is 5.91 Å². The van der Waals surface area contributed by atoms with Crippen LogP contribution in [0.1, 0.15) is 5.56 Å². The third-order valence-electron chi connectivity index (χ3n) is 4.67. The van der Waals surface area contributed by atoms with E-state index in [0.717, 1.165) is 6.07 Å². The first-order valence-electron chi connectivity index (χ1n) is 8.92. The number of nitro benzene ring substituents is 1. The number of piperazine rings is 1. The molecule has 1 N–H and O–H groups in total. The van der Waals surface area contributed by atoms with Crippen LogP contribution >= 0.6 is 0 Å². The van der Waals surface area contributed by atoms with Gasteiger partial charge in [0.25, 0.3) is 5.69 Å². The van der Waals surface area contributed by atoms with Crippen LogP contribution in [0.25, 0.3) is 0 Å². The number of halogens is 3. The Hall–Kier alpha value is -3.14. The minimum atomic E-state index is -4.56.